The second-order valence-corrected chi connectivity index (χ2v) is 6.20. The second-order valence-electron chi connectivity index (χ2n) is 6.20. The number of carbonyl (C=O) groups is 1. The summed E-state index contributed by atoms with van der Waals surface area (Å²) >= 11 is 0. The average molecular weight is 313 g/mol. The van der Waals surface area contributed by atoms with E-state index in [-0.39, 0.29) is 24.0 Å². The van der Waals surface area contributed by atoms with Gasteiger partial charge >= 0.3 is 0 Å². The highest BCUT2D eigenvalue weighted by atomic mass is 16.2. The van der Waals surface area contributed by atoms with Crippen LogP contribution in [0.5, 0.6) is 0 Å². The minimum absolute atomic E-state index is 0.115. The van der Waals surface area contributed by atoms with E-state index in [9.17, 15) is 4.79 Å². The lowest BCUT2D eigenvalue weighted by atomic mass is 10.1. The van der Waals surface area contributed by atoms with Crippen molar-refractivity contribution in [1.82, 2.24) is 20.1 Å². The molecule has 23 heavy (non-hydrogen) atoms. The zero-order valence-electron chi connectivity index (χ0n) is 13.6. The van der Waals surface area contributed by atoms with E-state index in [0.29, 0.717) is 0 Å². The summed E-state index contributed by atoms with van der Waals surface area (Å²) < 4.78 is 1.81. The summed E-state index contributed by atoms with van der Waals surface area (Å²) in [4.78, 5) is 18.6. The van der Waals surface area contributed by atoms with E-state index in [0.717, 1.165) is 25.1 Å². The van der Waals surface area contributed by atoms with Gasteiger partial charge < -0.3 is 10.2 Å². The Morgan fingerprint density at radius 2 is 2.13 bits per heavy atom. The Morgan fingerprint density at radius 1 is 1.35 bits per heavy atom. The molecule has 3 rings (SSSR count). The van der Waals surface area contributed by atoms with Gasteiger partial charge in [0.15, 0.2) is 0 Å². The SMILES string of the molecule is C[C@H](CCn1cncn1)N[C@@H]1C[C@@H](C)N(c2ccccc2)C1=O. The van der Waals surface area contributed by atoms with Crippen LogP contribution in [0.25, 0.3) is 0 Å². The van der Waals surface area contributed by atoms with Gasteiger partial charge in [-0.15, -0.1) is 0 Å². The summed E-state index contributed by atoms with van der Waals surface area (Å²) in [5, 5.41) is 7.57. The highest BCUT2D eigenvalue weighted by Crippen LogP contribution is 2.26. The molecule has 1 amide bonds. The van der Waals surface area contributed by atoms with E-state index < -0.39 is 0 Å². The summed E-state index contributed by atoms with van der Waals surface area (Å²) in [6.07, 6.45) is 5.00. The van der Waals surface area contributed by atoms with Gasteiger partial charge in [-0.25, -0.2) is 4.98 Å². The number of aromatic nitrogens is 3. The first-order valence-electron chi connectivity index (χ1n) is 8.11. The number of benzene rings is 1. The molecule has 3 atom stereocenters. The molecule has 0 bridgehead atoms. The van der Waals surface area contributed by atoms with Crippen molar-refractivity contribution in [3.8, 4) is 0 Å². The average Bonchev–Trinajstić information content (AvgIpc) is 3.15. The van der Waals surface area contributed by atoms with Gasteiger partial charge in [0.2, 0.25) is 5.91 Å². The quantitative estimate of drug-likeness (QED) is 0.884. The van der Waals surface area contributed by atoms with Crippen LogP contribution in [0.15, 0.2) is 43.0 Å². The number of nitrogens with one attached hydrogen (secondary N) is 1. The third-order valence-electron chi connectivity index (χ3n) is 4.33. The van der Waals surface area contributed by atoms with Crippen molar-refractivity contribution in [1.29, 1.82) is 0 Å². The Balaban J connectivity index is 1.57. The Labute approximate surface area is 136 Å². The number of carbonyl (C=O) groups excluding carboxylic acids is 1. The Morgan fingerprint density at radius 3 is 2.83 bits per heavy atom. The fourth-order valence-corrected chi connectivity index (χ4v) is 3.14. The predicted molar refractivity (Wildman–Crippen MR) is 89.0 cm³/mol. The van der Waals surface area contributed by atoms with Gasteiger partial charge in [-0.2, -0.15) is 5.10 Å². The lowest BCUT2D eigenvalue weighted by Crippen LogP contribution is -2.43. The van der Waals surface area contributed by atoms with Gasteiger partial charge in [-0.1, -0.05) is 18.2 Å². The molecule has 1 N–H and O–H groups in total. The van der Waals surface area contributed by atoms with E-state index >= 15 is 0 Å². The van der Waals surface area contributed by atoms with Gasteiger partial charge in [0.05, 0.1) is 6.04 Å². The number of hydrogen-bond donors (Lipinski definition) is 1. The van der Waals surface area contributed by atoms with Crippen LogP contribution in [0.2, 0.25) is 0 Å². The zero-order chi connectivity index (χ0) is 16.2. The largest absolute Gasteiger partial charge is 0.308 e. The first-order valence-corrected chi connectivity index (χ1v) is 8.11. The minimum atomic E-state index is -0.115. The molecule has 2 heterocycles. The maximum absolute atomic E-state index is 12.7. The van der Waals surface area contributed by atoms with Gasteiger partial charge in [-0.3, -0.25) is 9.48 Å². The van der Waals surface area contributed by atoms with Crippen LogP contribution in [-0.2, 0) is 11.3 Å². The molecule has 6 heteroatoms. The molecule has 1 aliphatic rings. The van der Waals surface area contributed by atoms with Crippen LogP contribution >= 0.6 is 0 Å². The predicted octanol–water partition coefficient (Wildman–Crippen LogP) is 1.84. The van der Waals surface area contributed by atoms with Crippen molar-refractivity contribution >= 4 is 11.6 Å². The molecule has 1 fully saturated rings. The second kappa shape index (κ2) is 6.91. The highest BCUT2D eigenvalue weighted by molar-refractivity contribution is 6.00. The third-order valence-corrected chi connectivity index (χ3v) is 4.33. The zero-order valence-corrected chi connectivity index (χ0v) is 13.6. The molecule has 0 aliphatic carbocycles. The molecular weight excluding hydrogens is 290 g/mol. The van der Waals surface area contributed by atoms with Crippen LogP contribution < -0.4 is 10.2 Å². The Kier molecular flexibility index (Phi) is 4.71. The maximum Gasteiger partial charge on any atom is 0.244 e. The lowest BCUT2D eigenvalue weighted by molar-refractivity contribution is -0.119. The molecule has 6 nitrogen and oxygen atoms in total. The highest BCUT2D eigenvalue weighted by Gasteiger charge is 2.38. The van der Waals surface area contributed by atoms with Gasteiger partial charge in [0, 0.05) is 24.3 Å². The van der Waals surface area contributed by atoms with Crippen molar-refractivity contribution in [3.63, 3.8) is 0 Å². The number of amides is 1. The molecule has 1 aromatic heterocycles. The van der Waals surface area contributed by atoms with Crippen LogP contribution in [0.4, 0.5) is 5.69 Å². The molecular formula is C17H23N5O. The monoisotopic (exact) mass is 313 g/mol. The number of aryl methyl sites for hydroxylation is 1. The minimum Gasteiger partial charge on any atom is -0.308 e. The summed E-state index contributed by atoms with van der Waals surface area (Å²) in [6.45, 7) is 5.01. The molecule has 122 valence electrons. The van der Waals surface area contributed by atoms with Crippen LogP contribution in [0, 0.1) is 0 Å². The number of para-hydroxylation sites is 1. The molecule has 0 saturated carbocycles. The van der Waals surface area contributed by atoms with Crippen molar-refractivity contribution < 1.29 is 4.79 Å². The Hall–Kier alpha value is -2.21. The Bertz CT molecular complexity index is 628. The van der Waals surface area contributed by atoms with E-state index in [4.69, 9.17) is 0 Å². The first-order chi connectivity index (χ1) is 11.1. The topological polar surface area (TPSA) is 63.1 Å². The molecule has 1 saturated heterocycles. The molecule has 0 spiro atoms. The summed E-state index contributed by atoms with van der Waals surface area (Å²) in [6, 6.07) is 10.2. The van der Waals surface area contributed by atoms with Crippen LogP contribution in [-0.4, -0.2) is 38.8 Å². The summed E-state index contributed by atoms with van der Waals surface area (Å²) in [5.41, 5.74) is 0.976. The van der Waals surface area contributed by atoms with Crippen LogP contribution in [0.3, 0.4) is 0 Å². The van der Waals surface area contributed by atoms with Crippen molar-refractivity contribution in [2.24, 2.45) is 0 Å². The molecule has 1 aromatic carbocycles. The van der Waals surface area contributed by atoms with Gasteiger partial charge in [0.25, 0.3) is 0 Å². The molecule has 0 unspecified atom stereocenters. The van der Waals surface area contributed by atoms with Gasteiger partial charge in [0.1, 0.15) is 12.7 Å². The third kappa shape index (κ3) is 3.59. The van der Waals surface area contributed by atoms with Crippen LogP contribution in [0.1, 0.15) is 26.7 Å². The number of anilines is 1. The van der Waals surface area contributed by atoms with E-state index in [2.05, 4.69) is 29.2 Å². The number of rotatable bonds is 6. The standard InChI is InChI=1S/C17H23N5O/c1-13(8-9-21-12-18-11-19-21)20-16-10-14(2)22(17(16)23)15-6-4-3-5-7-15/h3-7,11-14,16,20H,8-10H2,1-2H3/t13-,14-,16-/m1/s1. The van der Waals surface area contributed by atoms with E-state index in [1.165, 1.54) is 6.33 Å². The molecule has 1 aliphatic heterocycles. The maximum atomic E-state index is 12.7. The summed E-state index contributed by atoms with van der Waals surface area (Å²) in [7, 11) is 0. The smallest absolute Gasteiger partial charge is 0.244 e. The molecule has 2 aromatic rings. The van der Waals surface area contributed by atoms with E-state index in [1.54, 1.807) is 6.33 Å². The fraction of sp³-hybridized carbons (Fsp3) is 0.471. The summed E-state index contributed by atoms with van der Waals surface area (Å²) in [5.74, 6) is 0.163. The number of hydrogen-bond acceptors (Lipinski definition) is 4. The fourth-order valence-electron chi connectivity index (χ4n) is 3.14. The lowest BCUT2D eigenvalue weighted by Gasteiger charge is -2.22. The van der Waals surface area contributed by atoms with Crippen molar-refractivity contribution in [3.05, 3.63) is 43.0 Å². The van der Waals surface area contributed by atoms with E-state index in [1.807, 2.05) is 39.9 Å². The first kappa shape index (κ1) is 15.7. The van der Waals surface area contributed by atoms with Crippen molar-refractivity contribution in [2.45, 2.75) is 51.4 Å². The number of nitrogens with zero attached hydrogens (tertiary/aromatic N) is 4. The van der Waals surface area contributed by atoms with Crippen molar-refractivity contribution in [2.75, 3.05) is 4.90 Å². The normalized spacial score (nSPS) is 22.5. The van der Waals surface area contributed by atoms with Gasteiger partial charge in [-0.05, 0) is 38.8 Å². The molecule has 0 radical (unpaired) electrons.